The normalized spacial score (nSPS) is 27.7. The van der Waals surface area contributed by atoms with Gasteiger partial charge in [0.2, 0.25) is 0 Å². The molecule has 166 valence electrons. The van der Waals surface area contributed by atoms with Crippen LogP contribution in [0.5, 0.6) is 0 Å². The summed E-state index contributed by atoms with van der Waals surface area (Å²) in [5.41, 5.74) is 5.05. The van der Waals surface area contributed by atoms with E-state index >= 15 is 0 Å². The highest BCUT2D eigenvalue weighted by Gasteiger charge is 2.40. The van der Waals surface area contributed by atoms with E-state index in [1.54, 1.807) is 6.07 Å². The molecular weight excluding hydrogens is 409 g/mol. The fourth-order valence-electron chi connectivity index (χ4n) is 5.73. The van der Waals surface area contributed by atoms with Gasteiger partial charge in [-0.25, -0.2) is 8.91 Å². The summed E-state index contributed by atoms with van der Waals surface area (Å²) in [6.07, 6.45) is 3.64. The van der Waals surface area contributed by atoms with Crippen molar-refractivity contribution in [3.8, 4) is 6.07 Å². The third kappa shape index (κ3) is 2.79. The minimum atomic E-state index is -0.419. The molecule has 3 aromatic heterocycles. The Balaban J connectivity index is 1.36. The zero-order valence-electron chi connectivity index (χ0n) is 18.2. The van der Waals surface area contributed by atoms with Gasteiger partial charge < -0.3 is 10.0 Å². The summed E-state index contributed by atoms with van der Waals surface area (Å²) in [5, 5.41) is 28.2. The lowest BCUT2D eigenvalue weighted by atomic mass is 9.84. The van der Waals surface area contributed by atoms with Crippen molar-refractivity contribution in [1.29, 1.82) is 5.26 Å². The molecule has 0 spiro atoms. The van der Waals surface area contributed by atoms with Crippen molar-refractivity contribution in [3.63, 3.8) is 0 Å². The molecule has 0 unspecified atom stereocenters. The largest absolute Gasteiger partial charge is 0.393 e. The number of nitriles is 1. The molecule has 0 aromatic carbocycles. The monoisotopic (exact) mass is 435 g/mol. The number of aliphatic hydroxyl groups is 1. The number of aliphatic hydroxyl groups excluding tert-OH is 1. The lowest BCUT2D eigenvalue weighted by molar-refractivity contribution is -0.0224. The van der Waals surface area contributed by atoms with Crippen LogP contribution in [-0.2, 0) is 19.5 Å². The molecule has 32 heavy (non-hydrogen) atoms. The first-order chi connectivity index (χ1) is 15.4. The van der Waals surface area contributed by atoms with Gasteiger partial charge in [0.25, 0.3) is 0 Å². The Morgan fingerprint density at radius 1 is 1.19 bits per heavy atom. The Morgan fingerprint density at radius 3 is 2.75 bits per heavy atom. The average Bonchev–Trinajstić information content (AvgIpc) is 3.32. The first kappa shape index (κ1) is 19.7. The third-order valence-corrected chi connectivity index (χ3v) is 7.45. The smallest absolute Gasteiger partial charge is 0.171 e. The van der Waals surface area contributed by atoms with Gasteiger partial charge in [-0.1, -0.05) is 0 Å². The van der Waals surface area contributed by atoms with Gasteiger partial charge in [-0.15, -0.1) is 0 Å². The van der Waals surface area contributed by atoms with Crippen molar-refractivity contribution >= 4 is 11.2 Å². The number of anilines is 1. The van der Waals surface area contributed by atoms with Crippen LogP contribution in [0.3, 0.4) is 0 Å². The van der Waals surface area contributed by atoms with Gasteiger partial charge in [-0.2, -0.15) is 15.5 Å². The number of aromatic nitrogens is 4. The summed E-state index contributed by atoms with van der Waals surface area (Å²) < 4.78 is 18.2. The van der Waals surface area contributed by atoms with Crippen LogP contribution in [0.2, 0.25) is 0 Å². The van der Waals surface area contributed by atoms with Crippen LogP contribution < -0.4 is 4.90 Å². The predicted octanol–water partition coefficient (Wildman–Crippen LogP) is 2.39. The van der Waals surface area contributed by atoms with Crippen molar-refractivity contribution in [3.05, 3.63) is 46.8 Å². The lowest BCUT2D eigenvalue weighted by Crippen LogP contribution is -2.52. The van der Waals surface area contributed by atoms with Crippen LogP contribution in [0.15, 0.2) is 18.3 Å². The van der Waals surface area contributed by atoms with Crippen molar-refractivity contribution in [2.75, 3.05) is 11.4 Å². The van der Waals surface area contributed by atoms with Gasteiger partial charge >= 0.3 is 0 Å². The molecule has 0 saturated heterocycles. The summed E-state index contributed by atoms with van der Waals surface area (Å²) in [7, 11) is 0. The number of fused-ring (bicyclic) bond motifs is 4. The highest BCUT2D eigenvalue weighted by atomic mass is 19.1. The molecule has 8 nitrogen and oxygen atoms in total. The lowest BCUT2D eigenvalue weighted by Gasteiger charge is -2.45. The topological polar surface area (TPSA) is 85.6 Å². The molecule has 3 aromatic rings. The van der Waals surface area contributed by atoms with E-state index in [0.717, 1.165) is 37.2 Å². The molecule has 0 bridgehead atoms. The van der Waals surface area contributed by atoms with E-state index in [4.69, 9.17) is 5.10 Å². The van der Waals surface area contributed by atoms with E-state index in [1.807, 2.05) is 6.07 Å². The van der Waals surface area contributed by atoms with Gasteiger partial charge in [0.1, 0.15) is 17.3 Å². The van der Waals surface area contributed by atoms with Crippen molar-refractivity contribution in [1.82, 2.24) is 24.3 Å². The summed E-state index contributed by atoms with van der Waals surface area (Å²) in [6.45, 7) is 6.57. The molecule has 3 aliphatic rings. The Labute approximate surface area is 185 Å². The number of pyridine rings is 1. The molecule has 2 atom stereocenters. The molecule has 1 fully saturated rings. The van der Waals surface area contributed by atoms with Gasteiger partial charge in [0, 0.05) is 30.7 Å². The Bertz CT molecular complexity index is 1250. The van der Waals surface area contributed by atoms with Gasteiger partial charge in [0.15, 0.2) is 5.82 Å². The maximum absolute atomic E-state index is 14.7. The van der Waals surface area contributed by atoms with Crippen LogP contribution >= 0.6 is 0 Å². The van der Waals surface area contributed by atoms with Crippen LogP contribution in [-0.4, -0.2) is 54.1 Å². The number of hydrogen-bond donors (Lipinski definition) is 1. The molecule has 1 aliphatic carbocycles. The van der Waals surface area contributed by atoms with Crippen molar-refractivity contribution in [2.24, 2.45) is 0 Å². The van der Waals surface area contributed by atoms with Crippen LogP contribution in [0.25, 0.3) is 5.52 Å². The average molecular weight is 436 g/mol. The second kappa shape index (κ2) is 7.02. The number of nitrogens with zero attached hydrogens (tertiary/aromatic N) is 7. The minimum Gasteiger partial charge on any atom is -0.393 e. The molecule has 9 heteroatoms. The summed E-state index contributed by atoms with van der Waals surface area (Å²) >= 11 is 0. The second-order valence-corrected chi connectivity index (χ2v) is 9.52. The van der Waals surface area contributed by atoms with E-state index < -0.39 is 5.82 Å². The zero-order valence-corrected chi connectivity index (χ0v) is 18.2. The van der Waals surface area contributed by atoms with Gasteiger partial charge in [-0.05, 0) is 45.2 Å². The number of halogens is 1. The van der Waals surface area contributed by atoms with E-state index in [-0.39, 0.29) is 12.1 Å². The van der Waals surface area contributed by atoms with E-state index in [2.05, 4.69) is 39.5 Å². The molecule has 1 N–H and O–H groups in total. The molecular formula is C23H26FN7O. The maximum Gasteiger partial charge on any atom is 0.171 e. The van der Waals surface area contributed by atoms with E-state index in [9.17, 15) is 14.8 Å². The van der Waals surface area contributed by atoms with Crippen LogP contribution in [0.4, 0.5) is 10.1 Å². The molecule has 0 amide bonds. The quantitative estimate of drug-likeness (QED) is 0.665. The summed E-state index contributed by atoms with van der Waals surface area (Å²) in [5.74, 6) is -0.419. The SMILES string of the molecule is C[C@@H]1CN(c2ccc(C#N)n3ncc(F)c23)Cc2c3c(nn21)CN(C1CC(O)C1)[C@@H](C)C3. The Kier molecular flexibility index (Phi) is 4.32. The van der Waals surface area contributed by atoms with Crippen molar-refractivity contribution < 1.29 is 9.50 Å². The third-order valence-electron chi connectivity index (χ3n) is 7.45. The predicted molar refractivity (Wildman–Crippen MR) is 116 cm³/mol. The highest BCUT2D eigenvalue weighted by molar-refractivity contribution is 5.75. The molecule has 5 heterocycles. The molecule has 2 aliphatic heterocycles. The zero-order chi connectivity index (χ0) is 22.1. The minimum absolute atomic E-state index is 0.139. The summed E-state index contributed by atoms with van der Waals surface area (Å²) in [6, 6.07) is 6.60. The fraction of sp³-hybridized carbons (Fsp3) is 0.522. The fourth-order valence-corrected chi connectivity index (χ4v) is 5.73. The van der Waals surface area contributed by atoms with Crippen LogP contribution in [0, 0.1) is 17.1 Å². The standard InChI is InChI=1S/C23H26FN7O/c1-13-5-18-20(11-29(13)16-6-17(32)7-16)27-30-14(2)10-28(12-22(18)30)21-4-3-15(8-25)31-23(21)19(24)9-26-31/h3-4,9,13-14,16-17,32H,5-7,10-12H2,1-2H3/t13-,14+,16?,17?/m0/s1. The Hall–Kier alpha value is -2.96. The number of hydrogen-bond acceptors (Lipinski definition) is 6. The van der Waals surface area contributed by atoms with Gasteiger partial charge in [0.05, 0.1) is 42.0 Å². The van der Waals surface area contributed by atoms with Crippen molar-refractivity contribution in [2.45, 2.75) is 70.4 Å². The highest BCUT2D eigenvalue weighted by Crippen LogP contribution is 2.38. The molecule has 1 saturated carbocycles. The van der Waals surface area contributed by atoms with Gasteiger partial charge in [-0.3, -0.25) is 9.58 Å². The second-order valence-electron chi connectivity index (χ2n) is 9.52. The van der Waals surface area contributed by atoms with E-state index in [0.29, 0.717) is 36.4 Å². The number of rotatable bonds is 2. The first-order valence-electron chi connectivity index (χ1n) is 11.3. The molecule has 0 radical (unpaired) electrons. The van der Waals surface area contributed by atoms with Crippen LogP contribution in [0.1, 0.15) is 55.4 Å². The summed E-state index contributed by atoms with van der Waals surface area (Å²) in [4.78, 5) is 4.67. The van der Waals surface area contributed by atoms with E-state index in [1.165, 1.54) is 22.0 Å². The Morgan fingerprint density at radius 2 is 2.00 bits per heavy atom. The molecule has 6 rings (SSSR count). The first-order valence-corrected chi connectivity index (χ1v) is 11.3. The maximum atomic E-state index is 14.7.